The average molecular weight is 321 g/mol. The highest BCUT2D eigenvalue weighted by molar-refractivity contribution is 5.99. The maximum Gasteiger partial charge on any atom is 0.359 e. The molecule has 0 aliphatic rings. The highest BCUT2D eigenvalue weighted by Crippen LogP contribution is 2.30. The zero-order valence-electron chi connectivity index (χ0n) is 13.3. The summed E-state index contributed by atoms with van der Waals surface area (Å²) in [6, 6.07) is 13.2. The molecule has 0 amide bonds. The number of imidazole rings is 2. The van der Waals surface area contributed by atoms with Gasteiger partial charge in [0.25, 0.3) is 0 Å². The van der Waals surface area contributed by atoms with E-state index in [0.717, 1.165) is 22.7 Å². The molecule has 24 heavy (non-hydrogen) atoms. The third-order valence-corrected chi connectivity index (χ3v) is 3.91. The number of rotatable bonds is 4. The van der Waals surface area contributed by atoms with Crippen LogP contribution in [0.2, 0.25) is 0 Å². The highest BCUT2D eigenvalue weighted by atomic mass is 16.5. The summed E-state index contributed by atoms with van der Waals surface area (Å²) < 4.78 is 12.2. The van der Waals surface area contributed by atoms with Crippen molar-refractivity contribution in [2.45, 2.75) is 6.92 Å². The van der Waals surface area contributed by atoms with Crippen LogP contribution in [-0.4, -0.2) is 34.1 Å². The second-order valence-corrected chi connectivity index (χ2v) is 5.30. The van der Waals surface area contributed by atoms with Gasteiger partial charge in [-0.3, -0.25) is 4.40 Å². The van der Waals surface area contributed by atoms with Crippen molar-refractivity contribution in [3.63, 3.8) is 0 Å². The predicted molar refractivity (Wildman–Crippen MR) is 89.6 cm³/mol. The van der Waals surface area contributed by atoms with Crippen LogP contribution in [0, 0.1) is 0 Å². The number of methoxy groups -OCH3 is 1. The Kier molecular flexibility index (Phi) is 3.30. The molecule has 0 N–H and O–H groups in total. The third kappa shape index (κ3) is 2.07. The fourth-order valence-electron chi connectivity index (χ4n) is 2.82. The van der Waals surface area contributed by atoms with Gasteiger partial charge in [-0.2, -0.15) is 0 Å². The maximum absolute atomic E-state index is 12.2. The first kappa shape index (κ1) is 14.4. The van der Waals surface area contributed by atoms with Gasteiger partial charge in [-0.05, 0) is 43.3 Å². The van der Waals surface area contributed by atoms with Crippen LogP contribution in [0.3, 0.4) is 0 Å². The van der Waals surface area contributed by atoms with Crippen LogP contribution in [0.1, 0.15) is 17.4 Å². The van der Waals surface area contributed by atoms with E-state index in [2.05, 4.69) is 9.97 Å². The topological polar surface area (TPSA) is 65.7 Å². The summed E-state index contributed by atoms with van der Waals surface area (Å²) in [5.41, 5.74) is 4.05. The van der Waals surface area contributed by atoms with Gasteiger partial charge in [0.15, 0.2) is 11.3 Å². The lowest BCUT2D eigenvalue weighted by molar-refractivity contribution is 0.0523. The summed E-state index contributed by atoms with van der Waals surface area (Å²) in [5, 5.41) is 0. The van der Waals surface area contributed by atoms with Gasteiger partial charge < -0.3 is 9.47 Å². The van der Waals surface area contributed by atoms with Crippen LogP contribution in [0.5, 0.6) is 5.75 Å². The van der Waals surface area contributed by atoms with Gasteiger partial charge in [-0.25, -0.2) is 14.8 Å². The van der Waals surface area contributed by atoms with Crippen molar-refractivity contribution in [3.05, 3.63) is 48.2 Å². The van der Waals surface area contributed by atoms with Gasteiger partial charge in [-0.15, -0.1) is 0 Å². The van der Waals surface area contributed by atoms with Crippen LogP contribution in [0.25, 0.3) is 28.1 Å². The fraction of sp³-hybridized carbons (Fsp3) is 0.167. The molecule has 0 unspecified atom stereocenters. The normalized spacial score (nSPS) is 11.2. The molecule has 0 saturated heterocycles. The lowest BCUT2D eigenvalue weighted by Gasteiger charge is -2.01. The lowest BCUT2D eigenvalue weighted by atomic mass is 10.1. The molecule has 0 aliphatic carbocycles. The number of hydrogen-bond donors (Lipinski definition) is 0. The van der Waals surface area contributed by atoms with E-state index in [1.807, 2.05) is 46.9 Å². The molecule has 0 saturated carbocycles. The molecule has 6 nitrogen and oxygen atoms in total. The summed E-state index contributed by atoms with van der Waals surface area (Å²) >= 11 is 0. The molecule has 3 aromatic heterocycles. The second kappa shape index (κ2) is 5.49. The highest BCUT2D eigenvalue weighted by Gasteiger charge is 2.22. The molecule has 4 rings (SSSR count). The smallest absolute Gasteiger partial charge is 0.359 e. The van der Waals surface area contributed by atoms with Crippen molar-refractivity contribution in [2.75, 3.05) is 13.7 Å². The molecule has 0 bridgehead atoms. The van der Waals surface area contributed by atoms with Gasteiger partial charge in [0.05, 0.1) is 19.2 Å². The number of carbonyl (C=O) groups excluding carboxylic acids is 1. The third-order valence-electron chi connectivity index (χ3n) is 3.91. The Morgan fingerprint density at radius 1 is 1.12 bits per heavy atom. The number of ether oxygens (including phenoxy) is 2. The fourth-order valence-corrected chi connectivity index (χ4v) is 2.82. The Balaban J connectivity index is 1.94. The SMILES string of the molecule is CCOC(=O)c1nc2c(-c3ccc(OC)cc3)nc3cccc1n32. The molecule has 0 aliphatic heterocycles. The van der Waals surface area contributed by atoms with E-state index in [-0.39, 0.29) is 0 Å². The monoisotopic (exact) mass is 321 g/mol. The van der Waals surface area contributed by atoms with Crippen LogP contribution in [0.15, 0.2) is 42.5 Å². The van der Waals surface area contributed by atoms with E-state index in [1.165, 1.54) is 0 Å². The first-order valence-corrected chi connectivity index (χ1v) is 7.65. The van der Waals surface area contributed by atoms with Crippen LogP contribution < -0.4 is 4.74 Å². The quantitative estimate of drug-likeness (QED) is 0.540. The summed E-state index contributed by atoms with van der Waals surface area (Å²) in [6.45, 7) is 2.09. The first-order valence-electron chi connectivity index (χ1n) is 7.65. The minimum Gasteiger partial charge on any atom is -0.497 e. The molecule has 1 aromatic carbocycles. The molecule has 0 radical (unpaired) electrons. The molecule has 0 atom stereocenters. The van der Waals surface area contributed by atoms with Crippen LogP contribution >= 0.6 is 0 Å². The summed E-state index contributed by atoms with van der Waals surface area (Å²) in [5.74, 6) is 0.352. The Bertz CT molecular complexity index is 1020. The second-order valence-electron chi connectivity index (χ2n) is 5.30. The number of esters is 1. The molecule has 0 spiro atoms. The molecule has 3 heterocycles. The lowest BCUT2D eigenvalue weighted by Crippen LogP contribution is -2.05. The van der Waals surface area contributed by atoms with E-state index in [9.17, 15) is 4.79 Å². The average Bonchev–Trinajstić information content (AvgIpc) is 3.18. The predicted octanol–water partition coefficient (Wildman–Crippen LogP) is 3.17. The first-order chi connectivity index (χ1) is 11.7. The number of carbonyl (C=O) groups is 1. The van der Waals surface area contributed by atoms with E-state index in [0.29, 0.717) is 23.5 Å². The van der Waals surface area contributed by atoms with Crippen molar-refractivity contribution < 1.29 is 14.3 Å². The van der Waals surface area contributed by atoms with Gasteiger partial charge in [0, 0.05) is 5.56 Å². The zero-order valence-corrected chi connectivity index (χ0v) is 13.3. The van der Waals surface area contributed by atoms with Crippen molar-refractivity contribution in [1.82, 2.24) is 14.4 Å². The van der Waals surface area contributed by atoms with Crippen LogP contribution in [-0.2, 0) is 4.74 Å². The minimum absolute atomic E-state index is 0.312. The number of hydrogen-bond acceptors (Lipinski definition) is 5. The van der Waals surface area contributed by atoms with E-state index >= 15 is 0 Å². The Hall–Kier alpha value is -3.15. The van der Waals surface area contributed by atoms with Crippen LogP contribution in [0.4, 0.5) is 0 Å². The van der Waals surface area contributed by atoms with E-state index in [1.54, 1.807) is 14.0 Å². The summed E-state index contributed by atoms with van der Waals surface area (Å²) in [4.78, 5) is 21.3. The zero-order chi connectivity index (χ0) is 16.7. The number of nitrogens with zero attached hydrogens (tertiary/aromatic N) is 3. The standard InChI is InChI=1S/C18H15N3O3/c1-3-24-18(22)16-13-5-4-6-14-19-15(17(20-16)21(13)14)11-7-9-12(23-2)10-8-11/h4-10H,3H2,1-2H3. The van der Waals surface area contributed by atoms with E-state index in [4.69, 9.17) is 9.47 Å². The minimum atomic E-state index is -0.422. The summed E-state index contributed by atoms with van der Waals surface area (Å²) in [7, 11) is 1.63. The number of benzene rings is 1. The van der Waals surface area contributed by atoms with E-state index < -0.39 is 5.97 Å². The maximum atomic E-state index is 12.2. The van der Waals surface area contributed by atoms with Crippen molar-refractivity contribution in [2.24, 2.45) is 0 Å². The number of pyridine rings is 1. The van der Waals surface area contributed by atoms with Gasteiger partial charge >= 0.3 is 5.97 Å². The van der Waals surface area contributed by atoms with Crippen molar-refractivity contribution >= 4 is 22.8 Å². The molecular weight excluding hydrogens is 306 g/mol. The van der Waals surface area contributed by atoms with Gasteiger partial charge in [0.1, 0.15) is 17.1 Å². The Labute approximate surface area is 138 Å². The Morgan fingerprint density at radius 3 is 2.62 bits per heavy atom. The molecule has 4 aromatic rings. The van der Waals surface area contributed by atoms with Gasteiger partial charge in [-0.1, -0.05) is 6.07 Å². The summed E-state index contributed by atoms with van der Waals surface area (Å²) in [6.07, 6.45) is 0. The molecule has 0 fully saturated rings. The molecular formula is C18H15N3O3. The number of aromatic nitrogens is 3. The molecule has 6 heteroatoms. The van der Waals surface area contributed by atoms with Gasteiger partial charge in [0.2, 0.25) is 0 Å². The molecule has 120 valence electrons. The Morgan fingerprint density at radius 2 is 1.92 bits per heavy atom. The van der Waals surface area contributed by atoms with Crippen molar-refractivity contribution in [1.29, 1.82) is 0 Å². The largest absolute Gasteiger partial charge is 0.497 e. The van der Waals surface area contributed by atoms with Crippen molar-refractivity contribution in [3.8, 4) is 17.0 Å².